The molecule has 0 radical (unpaired) electrons. The number of unbranched alkanes of at least 4 members (excludes halogenated alkanes) is 20. The molecule has 0 aliphatic heterocycles. The van der Waals surface area contributed by atoms with Gasteiger partial charge in [-0.3, -0.25) is 19.2 Å². The summed E-state index contributed by atoms with van der Waals surface area (Å²) in [6, 6.07) is 0. The van der Waals surface area contributed by atoms with E-state index in [1.807, 2.05) is 34.6 Å². The van der Waals surface area contributed by atoms with Gasteiger partial charge >= 0.3 is 17.9 Å². The van der Waals surface area contributed by atoms with E-state index in [4.69, 9.17) is 14.2 Å². The van der Waals surface area contributed by atoms with Crippen LogP contribution >= 0.6 is 0 Å². The van der Waals surface area contributed by atoms with Crippen molar-refractivity contribution in [1.82, 2.24) is 0 Å². The highest BCUT2D eigenvalue weighted by Crippen LogP contribution is 2.75. The van der Waals surface area contributed by atoms with E-state index in [0.29, 0.717) is 18.4 Å². The number of carbonyl (C=O) groups excluding carboxylic acids is 4. The maximum Gasteiger partial charge on any atom is 0.309 e. The van der Waals surface area contributed by atoms with Crippen molar-refractivity contribution in [2.75, 3.05) is 6.61 Å². The van der Waals surface area contributed by atoms with Crippen LogP contribution in [-0.4, -0.2) is 63.9 Å². The van der Waals surface area contributed by atoms with Crippen LogP contribution in [0.15, 0.2) is 23.3 Å². The highest BCUT2D eigenvalue weighted by molar-refractivity contribution is 5.96. The topological polar surface area (TPSA) is 136 Å². The predicted molar refractivity (Wildman–Crippen MR) is 251 cm³/mol. The molecule has 0 aromatic carbocycles. The van der Waals surface area contributed by atoms with Gasteiger partial charge in [0.25, 0.3) is 0 Å². The molecule has 2 bridgehead atoms. The zero-order valence-corrected chi connectivity index (χ0v) is 41.3. The monoisotopic (exact) mass is 883 g/mol. The molecule has 0 saturated heterocycles. The number of aliphatic hydroxyl groups is 2. The lowest BCUT2D eigenvalue weighted by molar-refractivity contribution is -0.207. The van der Waals surface area contributed by atoms with Crippen molar-refractivity contribution in [1.29, 1.82) is 0 Å². The summed E-state index contributed by atoms with van der Waals surface area (Å²) < 4.78 is 18.6. The average Bonchev–Trinajstić information content (AvgIpc) is 3.64. The fraction of sp³-hybridized carbons (Fsp3) is 0.852. The summed E-state index contributed by atoms with van der Waals surface area (Å²) in [6.45, 7) is 17.4. The van der Waals surface area contributed by atoms with Crippen molar-refractivity contribution in [2.45, 2.75) is 246 Å². The molecule has 9 atom stereocenters. The van der Waals surface area contributed by atoms with Crippen molar-refractivity contribution < 1.29 is 43.6 Å². The standard InChI is InChI=1S/C54H90O9/c1-10-12-14-16-18-20-21-22-23-25-26-28-30-32-44(55)61-37-42-34-43-46-51(8,9)53(46,63-45(56)33-31-29-27-24-19-17-15-13-11-2)36-40(6)52(48(43)58)35-39(5)49(54(52,60)47(42)57)62-50(59)41(7)38(3)4/h34-35,38,40-41,43,46-47,49,57,60H,10-33,36-37H2,1-9H3/t40-,41?,43+,46-,47-,49+,52?,53+,54+/m1/s1. The van der Waals surface area contributed by atoms with E-state index in [9.17, 15) is 24.6 Å². The maximum atomic E-state index is 15.4. The third kappa shape index (κ3) is 12.1. The predicted octanol–water partition coefficient (Wildman–Crippen LogP) is 12.3. The van der Waals surface area contributed by atoms with Gasteiger partial charge in [0.05, 0.1) is 11.3 Å². The molecule has 1 spiro atoms. The lowest BCUT2D eigenvalue weighted by atomic mass is 9.59. The molecule has 9 nitrogen and oxygen atoms in total. The van der Waals surface area contributed by atoms with Crippen LogP contribution in [0.25, 0.3) is 0 Å². The Morgan fingerprint density at radius 3 is 1.68 bits per heavy atom. The van der Waals surface area contributed by atoms with Crippen LogP contribution in [0.5, 0.6) is 0 Å². The lowest BCUT2D eigenvalue weighted by Crippen LogP contribution is -2.66. The number of esters is 3. The molecule has 4 aliphatic carbocycles. The number of ketones is 1. The van der Waals surface area contributed by atoms with Crippen LogP contribution in [0.4, 0.5) is 0 Å². The first-order chi connectivity index (χ1) is 30.0. The Kier molecular flexibility index (Phi) is 20.5. The van der Waals surface area contributed by atoms with E-state index in [1.165, 1.54) is 96.3 Å². The minimum absolute atomic E-state index is 0.0436. The molecular formula is C54H90O9. The fourth-order valence-corrected chi connectivity index (χ4v) is 11.7. The smallest absolute Gasteiger partial charge is 0.309 e. The van der Waals surface area contributed by atoms with Gasteiger partial charge in [-0.1, -0.05) is 196 Å². The highest BCUT2D eigenvalue weighted by Gasteiger charge is 2.83. The van der Waals surface area contributed by atoms with Crippen molar-refractivity contribution in [3.63, 3.8) is 0 Å². The Labute approximate surface area is 382 Å². The van der Waals surface area contributed by atoms with E-state index in [2.05, 4.69) is 13.8 Å². The molecule has 4 rings (SSSR count). The van der Waals surface area contributed by atoms with Gasteiger partial charge in [0, 0.05) is 30.1 Å². The fourth-order valence-electron chi connectivity index (χ4n) is 11.7. The van der Waals surface area contributed by atoms with Gasteiger partial charge in [0.2, 0.25) is 0 Å². The zero-order valence-electron chi connectivity index (χ0n) is 41.3. The quantitative estimate of drug-likeness (QED) is 0.0313. The summed E-state index contributed by atoms with van der Waals surface area (Å²) in [5, 5.41) is 25.7. The number of Topliss-reactive ketones (excluding diaryl/α,β-unsaturated/α-hetero) is 1. The van der Waals surface area contributed by atoms with Gasteiger partial charge in [-0.05, 0) is 49.2 Å². The molecule has 2 unspecified atom stereocenters. The van der Waals surface area contributed by atoms with Crippen molar-refractivity contribution >= 4 is 23.7 Å². The summed E-state index contributed by atoms with van der Waals surface area (Å²) in [5.41, 5.74) is -4.89. The van der Waals surface area contributed by atoms with Crippen LogP contribution < -0.4 is 0 Å². The van der Waals surface area contributed by atoms with Crippen LogP contribution in [0, 0.1) is 40.4 Å². The SMILES string of the molecule is CCCCCCCCCCCCCCCC(=O)OCC1=C[C@@H]2C(=O)C3(C=C(C)[C@H](OC(=O)C(C)C(C)C)[C@@]3(O)[C@@H]1O)[C@H](C)C[C@]1(OC(=O)CCCCCCCCCCC)[C@H]2C1(C)C. The maximum absolute atomic E-state index is 15.4. The summed E-state index contributed by atoms with van der Waals surface area (Å²) >= 11 is 0. The number of hydrogen-bond donors (Lipinski definition) is 2. The molecule has 0 heterocycles. The molecule has 2 fully saturated rings. The van der Waals surface area contributed by atoms with Crippen LogP contribution in [-0.2, 0) is 33.4 Å². The number of allylic oxidation sites excluding steroid dienone is 1. The molecule has 2 saturated carbocycles. The Hall–Kier alpha value is -2.52. The van der Waals surface area contributed by atoms with Gasteiger partial charge in [0.1, 0.15) is 18.3 Å². The molecule has 360 valence electrons. The van der Waals surface area contributed by atoms with Gasteiger partial charge in [-0.2, -0.15) is 0 Å². The van der Waals surface area contributed by atoms with E-state index < -0.39 is 69.9 Å². The van der Waals surface area contributed by atoms with E-state index >= 15 is 4.79 Å². The van der Waals surface area contributed by atoms with E-state index in [0.717, 1.165) is 38.5 Å². The van der Waals surface area contributed by atoms with Crippen molar-refractivity contribution in [3.8, 4) is 0 Å². The van der Waals surface area contributed by atoms with Gasteiger partial charge in [-0.25, -0.2) is 0 Å². The van der Waals surface area contributed by atoms with Crippen LogP contribution in [0.2, 0.25) is 0 Å². The molecular weight excluding hydrogens is 793 g/mol. The normalized spacial score (nSPS) is 29.8. The van der Waals surface area contributed by atoms with E-state index in [1.54, 1.807) is 26.0 Å². The summed E-state index contributed by atoms with van der Waals surface area (Å²) in [4.78, 5) is 56.0. The van der Waals surface area contributed by atoms with Crippen molar-refractivity contribution in [2.24, 2.45) is 40.4 Å². The third-order valence-corrected chi connectivity index (χ3v) is 16.1. The molecule has 0 aromatic rings. The van der Waals surface area contributed by atoms with Crippen LogP contribution in [0.1, 0.15) is 223 Å². The summed E-state index contributed by atoms with van der Waals surface area (Å²) in [6.07, 6.45) is 27.0. The molecule has 4 aliphatic rings. The third-order valence-electron chi connectivity index (χ3n) is 16.1. The lowest BCUT2D eigenvalue weighted by Gasteiger charge is -2.49. The molecule has 9 heteroatoms. The number of ether oxygens (including phenoxy) is 3. The minimum atomic E-state index is -2.30. The van der Waals surface area contributed by atoms with Gasteiger partial charge in [0.15, 0.2) is 17.5 Å². The van der Waals surface area contributed by atoms with Gasteiger partial charge < -0.3 is 24.4 Å². The Balaban J connectivity index is 1.49. The Bertz CT molecular complexity index is 1560. The number of carbonyl (C=O) groups is 4. The summed E-state index contributed by atoms with van der Waals surface area (Å²) in [5.74, 6) is -3.98. The first-order valence-corrected chi connectivity index (χ1v) is 25.9. The second-order valence-corrected chi connectivity index (χ2v) is 21.4. The van der Waals surface area contributed by atoms with Crippen LogP contribution in [0.3, 0.4) is 0 Å². The largest absolute Gasteiger partial charge is 0.461 e. The first kappa shape index (κ1) is 53.1. The van der Waals surface area contributed by atoms with Crippen molar-refractivity contribution in [3.05, 3.63) is 23.3 Å². The second-order valence-electron chi connectivity index (χ2n) is 21.4. The summed E-state index contributed by atoms with van der Waals surface area (Å²) in [7, 11) is 0. The molecule has 0 aromatic heterocycles. The number of rotatable bonds is 30. The number of aliphatic hydroxyl groups excluding tert-OH is 1. The molecule has 0 amide bonds. The first-order valence-electron chi connectivity index (χ1n) is 25.9. The molecule has 63 heavy (non-hydrogen) atoms. The zero-order chi connectivity index (χ0) is 46.4. The Morgan fingerprint density at radius 2 is 1.21 bits per heavy atom. The van der Waals surface area contributed by atoms with E-state index in [-0.39, 0.29) is 42.7 Å². The highest BCUT2D eigenvalue weighted by atomic mass is 16.6. The minimum Gasteiger partial charge on any atom is -0.461 e. The average molecular weight is 883 g/mol. The number of fused-ring (bicyclic) bond motifs is 3. The van der Waals surface area contributed by atoms with Gasteiger partial charge in [-0.15, -0.1) is 0 Å². The number of hydrogen-bond acceptors (Lipinski definition) is 9. The Morgan fingerprint density at radius 1 is 0.746 bits per heavy atom. The second kappa shape index (κ2) is 24.3. The molecule has 2 N–H and O–H groups in total.